The van der Waals surface area contributed by atoms with Crippen molar-refractivity contribution in [2.24, 2.45) is 0 Å². The van der Waals surface area contributed by atoms with E-state index in [4.69, 9.17) is 5.84 Å². The molecule has 8 heteroatoms. The molecule has 0 unspecified atom stereocenters. The second-order valence-corrected chi connectivity index (χ2v) is 8.53. The summed E-state index contributed by atoms with van der Waals surface area (Å²) in [6, 6.07) is 5.94. The van der Waals surface area contributed by atoms with Crippen LogP contribution in [0, 0.1) is 10.5 Å². The van der Waals surface area contributed by atoms with Crippen LogP contribution >= 0.6 is 34.4 Å². The number of nitrogens with one attached hydrogen (secondary N) is 1. The summed E-state index contributed by atoms with van der Waals surface area (Å²) in [5.74, 6) is 7.57. The van der Waals surface area contributed by atoms with Crippen LogP contribution in [0.4, 0.5) is 5.69 Å². The van der Waals surface area contributed by atoms with E-state index in [1.165, 1.54) is 31.0 Å². The second kappa shape index (κ2) is 8.39. The van der Waals surface area contributed by atoms with Crippen LogP contribution in [0.15, 0.2) is 23.4 Å². The Bertz CT molecular complexity index is 757. The predicted octanol–water partition coefficient (Wildman–Crippen LogP) is 3.68. The number of hydrogen-bond donors (Lipinski definition) is 2. The molecule has 0 bridgehead atoms. The van der Waals surface area contributed by atoms with Crippen molar-refractivity contribution in [2.75, 3.05) is 16.9 Å². The molecular formula is C17H22IN5OS. The molecule has 3 N–H and O–H groups in total. The zero-order valence-electron chi connectivity index (χ0n) is 14.2. The molecule has 1 saturated carbocycles. The topological polar surface area (TPSA) is 85.8 Å². The van der Waals surface area contributed by atoms with E-state index in [0.29, 0.717) is 11.1 Å². The normalized spacial score (nSPS) is 15.3. The molecular weight excluding hydrogens is 449 g/mol. The Morgan fingerprint density at radius 1 is 1.36 bits per heavy atom. The molecule has 25 heavy (non-hydrogen) atoms. The van der Waals surface area contributed by atoms with Gasteiger partial charge < -0.3 is 11.2 Å². The van der Waals surface area contributed by atoms with Gasteiger partial charge in [0.1, 0.15) is 0 Å². The van der Waals surface area contributed by atoms with E-state index < -0.39 is 0 Å². The molecule has 1 aliphatic rings. The van der Waals surface area contributed by atoms with E-state index in [1.54, 1.807) is 4.68 Å². The van der Waals surface area contributed by atoms with Gasteiger partial charge in [-0.3, -0.25) is 4.79 Å². The lowest BCUT2D eigenvalue weighted by atomic mass is 9.89. The fourth-order valence-corrected chi connectivity index (χ4v) is 4.42. The lowest BCUT2D eigenvalue weighted by Gasteiger charge is -2.20. The number of nitrogens with zero attached hydrogens (tertiary/aromatic N) is 3. The molecule has 1 amide bonds. The standard InChI is InChI=1S/C17H22IN5OS/c1-11-9-13(18)7-8-14(11)20-15(24)10-25-17-22-21-16(23(17)19)12-5-3-2-4-6-12/h7-9,12H,2-6,10,19H2,1H3,(H,20,24). The molecule has 1 aromatic heterocycles. The van der Waals surface area contributed by atoms with Gasteiger partial charge in [-0.05, 0) is 66.1 Å². The molecule has 2 aromatic rings. The zero-order valence-corrected chi connectivity index (χ0v) is 17.1. The Balaban J connectivity index is 1.58. The lowest BCUT2D eigenvalue weighted by molar-refractivity contribution is -0.113. The Kier molecular flexibility index (Phi) is 6.21. The first kappa shape index (κ1) is 18.5. The molecule has 134 valence electrons. The zero-order chi connectivity index (χ0) is 17.8. The quantitative estimate of drug-likeness (QED) is 0.395. The molecule has 0 saturated heterocycles. The molecule has 0 radical (unpaired) electrons. The number of amides is 1. The molecule has 1 heterocycles. The Labute approximate surface area is 165 Å². The number of rotatable bonds is 5. The largest absolute Gasteiger partial charge is 0.336 e. The first-order valence-corrected chi connectivity index (χ1v) is 10.5. The number of carbonyl (C=O) groups is 1. The van der Waals surface area contributed by atoms with Crippen LogP contribution < -0.4 is 11.2 Å². The molecule has 0 aliphatic heterocycles. The first-order chi connectivity index (χ1) is 12.0. The van der Waals surface area contributed by atoms with Crippen molar-refractivity contribution in [1.29, 1.82) is 0 Å². The monoisotopic (exact) mass is 471 g/mol. The fraction of sp³-hybridized carbons (Fsp3) is 0.471. The predicted molar refractivity (Wildman–Crippen MR) is 109 cm³/mol. The summed E-state index contributed by atoms with van der Waals surface area (Å²) < 4.78 is 2.71. The van der Waals surface area contributed by atoms with E-state index in [9.17, 15) is 4.79 Å². The number of hydrogen-bond acceptors (Lipinski definition) is 5. The highest BCUT2D eigenvalue weighted by molar-refractivity contribution is 14.1. The van der Waals surface area contributed by atoms with E-state index >= 15 is 0 Å². The lowest BCUT2D eigenvalue weighted by Crippen LogP contribution is -2.20. The van der Waals surface area contributed by atoms with Gasteiger partial charge in [-0.25, -0.2) is 4.68 Å². The molecule has 3 rings (SSSR count). The van der Waals surface area contributed by atoms with Gasteiger partial charge in [-0.1, -0.05) is 31.0 Å². The summed E-state index contributed by atoms with van der Waals surface area (Å²) >= 11 is 3.57. The van der Waals surface area contributed by atoms with Gasteiger partial charge in [0.2, 0.25) is 11.1 Å². The third kappa shape index (κ3) is 4.66. The van der Waals surface area contributed by atoms with Crippen LogP contribution in [-0.4, -0.2) is 26.5 Å². The minimum absolute atomic E-state index is 0.0727. The highest BCUT2D eigenvalue weighted by Crippen LogP contribution is 2.32. The van der Waals surface area contributed by atoms with Gasteiger partial charge in [0.05, 0.1) is 5.75 Å². The number of carbonyl (C=O) groups excluding carboxylic acids is 1. The van der Waals surface area contributed by atoms with Gasteiger partial charge in [0, 0.05) is 15.2 Å². The van der Waals surface area contributed by atoms with Crippen LogP contribution in [-0.2, 0) is 4.79 Å². The van der Waals surface area contributed by atoms with Crippen LogP contribution in [0.2, 0.25) is 0 Å². The maximum Gasteiger partial charge on any atom is 0.234 e. The molecule has 1 aromatic carbocycles. The average Bonchev–Trinajstić information content (AvgIpc) is 2.97. The number of aryl methyl sites for hydroxylation is 1. The van der Waals surface area contributed by atoms with Crippen molar-refractivity contribution in [3.8, 4) is 0 Å². The van der Waals surface area contributed by atoms with Crippen molar-refractivity contribution in [3.63, 3.8) is 0 Å². The first-order valence-electron chi connectivity index (χ1n) is 8.44. The molecule has 0 spiro atoms. The van der Waals surface area contributed by atoms with E-state index in [1.807, 2.05) is 25.1 Å². The highest BCUT2D eigenvalue weighted by atomic mass is 127. The average molecular weight is 471 g/mol. The molecule has 0 atom stereocenters. The number of nitrogen functional groups attached to an aromatic ring is 1. The number of halogens is 1. The molecule has 6 nitrogen and oxygen atoms in total. The van der Waals surface area contributed by atoms with Crippen molar-refractivity contribution < 1.29 is 4.79 Å². The van der Waals surface area contributed by atoms with Crippen LogP contribution in [0.1, 0.15) is 49.4 Å². The highest BCUT2D eigenvalue weighted by Gasteiger charge is 2.22. The SMILES string of the molecule is Cc1cc(I)ccc1NC(=O)CSc1nnc(C2CCCCC2)n1N. The second-order valence-electron chi connectivity index (χ2n) is 6.34. The van der Waals surface area contributed by atoms with Crippen molar-refractivity contribution in [2.45, 2.75) is 50.1 Å². The summed E-state index contributed by atoms with van der Waals surface area (Å²) in [6.45, 7) is 1.98. The summed E-state index contributed by atoms with van der Waals surface area (Å²) in [5, 5.41) is 12.0. The van der Waals surface area contributed by atoms with Crippen LogP contribution in [0.5, 0.6) is 0 Å². The van der Waals surface area contributed by atoms with Crippen molar-refractivity contribution >= 4 is 45.9 Å². The molecule has 1 fully saturated rings. The van der Waals surface area contributed by atoms with Gasteiger partial charge in [0.25, 0.3) is 0 Å². The number of benzene rings is 1. The minimum Gasteiger partial charge on any atom is -0.336 e. The van der Waals surface area contributed by atoms with E-state index in [-0.39, 0.29) is 11.7 Å². The van der Waals surface area contributed by atoms with Gasteiger partial charge in [0.15, 0.2) is 5.82 Å². The number of thioether (sulfide) groups is 1. The minimum atomic E-state index is -0.0727. The third-order valence-electron chi connectivity index (χ3n) is 4.46. The summed E-state index contributed by atoms with van der Waals surface area (Å²) in [5.41, 5.74) is 1.88. The Morgan fingerprint density at radius 2 is 2.12 bits per heavy atom. The van der Waals surface area contributed by atoms with E-state index in [0.717, 1.165) is 33.5 Å². The summed E-state index contributed by atoms with van der Waals surface area (Å²) in [7, 11) is 0. The number of nitrogens with two attached hydrogens (primary N) is 1. The molecule has 1 aliphatic carbocycles. The summed E-state index contributed by atoms with van der Waals surface area (Å²) in [6.07, 6.45) is 5.96. The maximum atomic E-state index is 12.2. The van der Waals surface area contributed by atoms with Crippen LogP contribution in [0.3, 0.4) is 0 Å². The van der Waals surface area contributed by atoms with Crippen molar-refractivity contribution in [3.05, 3.63) is 33.2 Å². The third-order valence-corrected chi connectivity index (χ3v) is 6.07. The number of aromatic nitrogens is 3. The van der Waals surface area contributed by atoms with Crippen LogP contribution in [0.25, 0.3) is 0 Å². The van der Waals surface area contributed by atoms with Gasteiger partial charge in [-0.15, -0.1) is 10.2 Å². The number of anilines is 1. The fourth-order valence-electron chi connectivity index (χ4n) is 3.11. The maximum absolute atomic E-state index is 12.2. The van der Waals surface area contributed by atoms with Gasteiger partial charge >= 0.3 is 0 Å². The smallest absolute Gasteiger partial charge is 0.234 e. The Morgan fingerprint density at radius 3 is 2.84 bits per heavy atom. The summed E-state index contributed by atoms with van der Waals surface area (Å²) in [4.78, 5) is 12.2. The van der Waals surface area contributed by atoms with E-state index in [2.05, 4.69) is 38.1 Å². The Hall–Kier alpha value is -1.29. The van der Waals surface area contributed by atoms with Gasteiger partial charge in [-0.2, -0.15) is 0 Å². The van der Waals surface area contributed by atoms with Crippen molar-refractivity contribution in [1.82, 2.24) is 14.9 Å².